The number of ether oxygens (including phenoxy) is 1. The van der Waals surface area contributed by atoms with Gasteiger partial charge in [-0.3, -0.25) is 0 Å². The molecular weight excluding hydrogens is 1790 g/mol. The van der Waals surface area contributed by atoms with Crippen molar-refractivity contribution in [2.45, 2.75) is 88.0 Å². The fourth-order valence-electron chi connectivity index (χ4n) is 18.6. The van der Waals surface area contributed by atoms with E-state index in [2.05, 4.69) is 501 Å². The van der Waals surface area contributed by atoms with Gasteiger partial charge in [0.1, 0.15) is 19.5 Å². The summed E-state index contributed by atoms with van der Waals surface area (Å²) >= 11 is 0. The van der Waals surface area contributed by atoms with Gasteiger partial charge in [-0.05, 0) is 154 Å². The van der Waals surface area contributed by atoms with E-state index in [0.29, 0.717) is 18.5 Å². The first kappa shape index (κ1) is 94.4. The quantitative estimate of drug-likeness (QED) is 0.0121. The molecule has 0 N–H and O–H groups in total. The maximum Gasteiger partial charge on any atom is 0.471 e. The molecule has 15 aromatic carbocycles. The molecule has 0 heterocycles. The lowest BCUT2D eigenvalue weighted by Crippen LogP contribution is -2.82. The molecule has 0 aliphatic heterocycles. The van der Waals surface area contributed by atoms with E-state index < -0.39 is 110 Å². The van der Waals surface area contributed by atoms with Crippen LogP contribution < -0.4 is 77.8 Å². The zero-order valence-corrected chi connectivity index (χ0v) is 88.3. The van der Waals surface area contributed by atoms with Crippen LogP contribution >= 0.6 is 0 Å². The van der Waals surface area contributed by atoms with Gasteiger partial charge in [0.05, 0.1) is 6.61 Å². The van der Waals surface area contributed by atoms with Gasteiger partial charge in [0, 0.05) is 18.2 Å². The molecule has 130 heavy (non-hydrogen) atoms. The van der Waals surface area contributed by atoms with Gasteiger partial charge in [0.15, 0.2) is 25.0 Å². The first-order valence-electron chi connectivity index (χ1n) is 45.5. The van der Waals surface area contributed by atoms with Crippen LogP contribution in [0.25, 0.3) is 0 Å². The van der Waals surface area contributed by atoms with Crippen LogP contribution in [-0.2, 0) is 42.5 Å². The van der Waals surface area contributed by atoms with Gasteiger partial charge in [-0.15, -0.1) is 0 Å². The van der Waals surface area contributed by atoms with Crippen molar-refractivity contribution in [1.29, 1.82) is 0 Å². The zero-order valence-electron chi connectivity index (χ0n) is 75.4. The highest BCUT2D eigenvalue weighted by molar-refractivity contribution is 7.17. The lowest BCUT2D eigenvalue weighted by Gasteiger charge is -2.50. The Kier molecular flexibility index (Phi) is 31.9. The van der Waals surface area contributed by atoms with E-state index in [4.69, 9.17) is 25.3 Å². The Morgan fingerprint density at radius 2 is 0.400 bits per heavy atom. The molecule has 0 amide bonds. The van der Waals surface area contributed by atoms with Crippen molar-refractivity contribution in [3.8, 4) is 0 Å². The molecule has 22 heteroatoms. The highest BCUT2D eigenvalue weighted by Gasteiger charge is 2.64. The Hall–Kier alpha value is -10.2. The fraction of sp³-hybridized carbons (Fsp3) is 0.139. The van der Waals surface area contributed by atoms with Crippen LogP contribution in [0.15, 0.2) is 468 Å². The molecule has 0 fully saturated rings. The molecule has 0 saturated carbocycles. The summed E-state index contributed by atoms with van der Waals surface area (Å²) in [5.41, 5.74) is 0. The van der Waals surface area contributed by atoms with Crippen molar-refractivity contribution in [2.75, 3.05) is 6.61 Å². The lowest BCUT2D eigenvalue weighted by atomic mass is 10.3. The number of esters is 1. The van der Waals surface area contributed by atoms with E-state index in [1.165, 1.54) is 37.2 Å². The van der Waals surface area contributed by atoms with Gasteiger partial charge in [-0.25, -0.2) is 4.79 Å². The van der Waals surface area contributed by atoms with E-state index in [9.17, 15) is 17.1 Å². The molecule has 10 nitrogen and oxygen atoms in total. The molecule has 0 aromatic heterocycles. The van der Waals surface area contributed by atoms with E-state index >= 15 is 0 Å². The van der Waals surface area contributed by atoms with E-state index in [1.54, 1.807) is 0 Å². The summed E-state index contributed by atoms with van der Waals surface area (Å²) in [6.07, 6.45) is 1.65. The summed E-state index contributed by atoms with van der Waals surface area (Å²) < 4.78 is 76.1. The van der Waals surface area contributed by atoms with E-state index in [-0.39, 0.29) is 12.7 Å². The van der Waals surface area contributed by atoms with Gasteiger partial charge >= 0.3 is 23.6 Å². The van der Waals surface area contributed by atoms with Crippen molar-refractivity contribution in [1.82, 2.24) is 0 Å². The van der Waals surface area contributed by atoms with Crippen molar-refractivity contribution in [3.05, 3.63) is 468 Å². The van der Waals surface area contributed by atoms with E-state index in [0.717, 1.165) is 70.9 Å². The average molecular weight is 1910 g/mol. The topological polar surface area (TPSA) is 100 Å². The van der Waals surface area contributed by atoms with Crippen LogP contribution in [0.4, 0.5) is 0 Å². The van der Waals surface area contributed by atoms with Crippen molar-refractivity contribution in [3.63, 3.8) is 0 Å². The monoisotopic (exact) mass is 1910 g/mol. The van der Waals surface area contributed by atoms with Crippen LogP contribution in [0.1, 0.15) is 6.42 Å². The molecule has 0 unspecified atom stereocenters. The number of hydrogen-bond acceptors (Lipinski definition) is 10. The smallest absolute Gasteiger partial charge is 0.463 e. The summed E-state index contributed by atoms with van der Waals surface area (Å²) in [6.45, 7) is 18.2. The molecule has 0 aliphatic rings. The standard InChI is InChI=1S/C108H118O10Si12/c1-8-108(109)110-85-54-88-124(113-121(2,3)89-86-119-111-126(93-55-24-9-25-56-93,94-57-26-10-27-58-94)95-59-28-11-29-60-95,114-122(4,5)90-87-120-112-127(96-61-30-12-31-62-96,97-63-32-13-33-64-97)98-65-34-14-35-66-98)115-123(6,7)91-92-125(116-128(99-67-36-15-37-68-99,100-69-38-16-39-70-100)101-71-40-17-41-72-101,117-129(102-73-42-18-43-74-102,103-75-44-19-45-76-103)104-77-46-20-47-78-104)118-130(105-79-48-21-49-80-105,106-81-50-22-51-82-106)107-83-52-23-53-84-107/h8-53,55-84H,1,54,85-92,119-120H2,2-7H3. The van der Waals surface area contributed by atoms with Gasteiger partial charge in [0.25, 0.3) is 41.6 Å². The van der Waals surface area contributed by atoms with Gasteiger partial charge in [-0.2, -0.15) is 0 Å². The fourth-order valence-corrected chi connectivity index (χ4v) is 80.2. The highest BCUT2D eigenvalue weighted by atomic mass is 28.5. The second-order valence-electron chi connectivity index (χ2n) is 35.0. The Morgan fingerprint density at radius 3 is 0.585 bits per heavy atom. The first-order chi connectivity index (χ1) is 63.4. The van der Waals surface area contributed by atoms with E-state index in [1.807, 2.05) is 0 Å². The Bertz CT molecular complexity index is 5020. The van der Waals surface area contributed by atoms with Crippen LogP contribution in [-0.4, -0.2) is 116 Å². The molecule has 0 atom stereocenters. The molecule has 0 radical (unpaired) electrons. The van der Waals surface area contributed by atoms with Gasteiger partial charge in [0.2, 0.25) is 0 Å². The number of rotatable bonds is 45. The largest absolute Gasteiger partial charge is 0.471 e. The SMILES string of the molecule is C=CC(=O)OCCC[Si](O[Si](C)(C)CC[SiH2]O[Si](c1ccccc1)(c1ccccc1)c1ccccc1)(O[Si](C)(C)CC[SiH2]O[Si](c1ccccc1)(c1ccccc1)c1ccccc1)O[Si](C)(C)CC[Si](O[Si](c1ccccc1)(c1ccccc1)c1ccccc1)(O[Si](c1ccccc1)(c1ccccc1)c1ccccc1)O[Si](c1ccccc1)(c1ccccc1)c1ccccc1. The highest BCUT2D eigenvalue weighted by Crippen LogP contribution is 2.39. The number of carbonyl (C=O) groups excluding carboxylic acids is 1. The lowest BCUT2D eigenvalue weighted by molar-refractivity contribution is -0.137. The Morgan fingerprint density at radius 1 is 0.231 bits per heavy atom. The minimum atomic E-state index is -4.88. The van der Waals surface area contributed by atoms with Gasteiger partial charge < -0.3 is 37.7 Å². The van der Waals surface area contributed by atoms with Gasteiger partial charge in [-0.1, -0.05) is 462 Å². The van der Waals surface area contributed by atoms with Crippen molar-refractivity contribution in [2.24, 2.45) is 0 Å². The zero-order chi connectivity index (χ0) is 90.1. The number of benzene rings is 15. The minimum absolute atomic E-state index is 0.104. The molecule has 658 valence electrons. The summed E-state index contributed by atoms with van der Waals surface area (Å²) in [7, 11) is -39.3. The molecule has 15 aromatic rings. The van der Waals surface area contributed by atoms with Crippen LogP contribution in [0, 0.1) is 0 Å². The summed E-state index contributed by atoms with van der Waals surface area (Å²) in [6, 6.07) is 168. The maximum absolute atomic E-state index is 13.5. The average Bonchev–Trinajstić information content (AvgIpc) is 0.707. The predicted molar refractivity (Wildman–Crippen MR) is 569 cm³/mol. The summed E-state index contributed by atoms with van der Waals surface area (Å²) in [4.78, 5) is 13.5. The summed E-state index contributed by atoms with van der Waals surface area (Å²) in [5.74, 6) is -0.490. The van der Waals surface area contributed by atoms with Crippen LogP contribution in [0.5, 0.6) is 0 Å². The van der Waals surface area contributed by atoms with Crippen LogP contribution in [0.2, 0.25) is 81.6 Å². The third kappa shape index (κ3) is 21.9. The second kappa shape index (κ2) is 43.9. The third-order valence-electron chi connectivity index (χ3n) is 24.5. The maximum atomic E-state index is 13.5. The normalized spacial score (nSPS) is 13.1. The summed E-state index contributed by atoms with van der Waals surface area (Å²) in [5, 5.41) is 16.6. The third-order valence-corrected chi connectivity index (χ3v) is 74.1. The van der Waals surface area contributed by atoms with Crippen molar-refractivity contribution >= 4 is 187 Å². The van der Waals surface area contributed by atoms with Crippen molar-refractivity contribution < 1.29 is 42.5 Å². The molecule has 0 spiro atoms. The van der Waals surface area contributed by atoms with Crippen LogP contribution in [0.3, 0.4) is 0 Å². The molecular formula is C108H118O10Si12. The molecule has 15 rings (SSSR count). The molecule has 0 saturated heterocycles. The number of hydrogen-bond donors (Lipinski definition) is 0. The predicted octanol–water partition coefficient (Wildman–Crippen LogP) is 14.1. The Labute approximate surface area is 785 Å². The minimum Gasteiger partial charge on any atom is -0.463 e. The Balaban J connectivity index is 0.925. The molecule has 0 aliphatic carbocycles. The number of carbonyl (C=O) groups is 1. The first-order valence-corrected chi connectivity index (χ1v) is 71.4. The molecule has 0 bridgehead atoms. The second-order valence-corrected chi connectivity index (χ2v) is 75.7.